The van der Waals surface area contributed by atoms with Gasteiger partial charge in [-0.2, -0.15) is 0 Å². The van der Waals surface area contributed by atoms with E-state index in [-0.39, 0.29) is 17.9 Å². The van der Waals surface area contributed by atoms with E-state index >= 15 is 0 Å². The highest BCUT2D eigenvalue weighted by atomic mass is 16.3. The number of hydrogen-bond donors (Lipinski definition) is 2. The standard InChI is InChI=1S/C21H30N6O2/c1-14-9-15(2)24-21(23-14)27-6-3-17(4-7-27)20(29)25-18-10-16(11-19(18)28)12-26-8-5-22-13-26/h5,8-9,13,16-19,28H,3-4,6-7,10-12H2,1-2H3,(H,25,29)/t16?,18-,19-/m1/s1. The number of nitrogens with zero attached hydrogens (tertiary/aromatic N) is 5. The van der Waals surface area contributed by atoms with Gasteiger partial charge in [-0.05, 0) is 51.5 Å². The molecule has 0 aromatic carbocycles. The van der Waals surface area contributed by atoms with E-state index < -0.39 is 6.10 Å². The summed E-state index contributed by atoms with van der Waals surface area (Å²) < 4.78 is 2.03. The molecule has 1 saturated heterocycles. The Morgan fingerprint density at radius 3 is 2.59 bits per heavy atom. The fraction of sp³-hybridized carbons (Fsp3) is 0.619. The van der Waals surface area contributed by atoms with Gasteiger partial charge < -0.3 is 19.9 Å². The highest BCUT2D eigenvalue weighted by molar-refractivity contribution is 5.79. The molecule has 0 spiro atoms. The summed E-state index contributed by atoms with van der Waals surface area (Å²) in [6.07, 6.45) is 8.10. The number of hydrogen-bond acceptors (Lipinski definition) is 6. The number of carbonyl (C=O) groups excluding carboxylic acids is 1. The van der Waals surface area contributed by atoms with Crippen molar-refractivity contribution in [3.63, 3.8) is 0 Å². The summed E-state index contributed by atoms with van der Waals surface area (Å²) in [5, 5.41) is 13.5. The number of piperidine rings is 1. The molecule has 8 heteroatoms. The number of carbonyl (C=O) groups is 1. The van der Waals surface area contributed by atoms with E-state index in [1.807, 2.05) is 30.7 Å². The summed E-state index contributed by atoms with van der Waals surface area (Å²) in [6, 6.07) is 1.81. The van der Waals surface area contributed by atoms with Crippen LogP contribution in [0.15, 0.2) is 24.8 Å². The summed E-state index contributed by atoms with van der Waals surface area (Å²) in [7, 11) is 0. The highest BCUT2D eigenvalue weighted by Gasteiger charge is 2.36. The fourth-order valence-electron chi connectivity index (χ4n) is 4.61. The van der Waals surface area contributed by atoms with E-state index in [1.165, 1.54) is 0 Å². The molecule has 3 heterocycles. The Hall–Kier alpha value is -2.48. The summed E-state index contributed by atoms with van der Waals surface area (Å²) >= 11 is 0. The molecule has 1 amide bonds. The lowest BCUT2D eigenvalue weighted by atomic mass is 9.95. The van der Waals surface area contributed by atoms with Crippen molar-refractivity contribution in [1.29, 1.82) is 0 Å². The average molecular weight is 399 g/mol. The minimum absolute atomic E-state index is 0.0166. The van der Waals surface area contributed by atoms with Crippen molar-refractivity contribution in [2.45, 2.75) is 58.2 Å². The van der Waals surface area contributed by atoms with Gasteiger partial charge in [-0.3, -0.25) is 4.79 Å². The van der Waals surface area contributed by atoms with Gasteiger partial charge >= 0.3 is 0 Å². The normalized spacial score (nSPS) is 25.3. The molecule has 2 aromatic heterocycles. The van der Waals surface area contributed by atoms with Crippen molar-refractivity contribution in [2.75, 3.05) is 18.0 Å². The number of aromatic nitrogens is 4. The van der Waals surface area contributed by atoms with Gasteiger partial charge in [-0.1, -0.05) is 0 Å². The SMILES string of the molecule is Cc1cc(C)nc(N2CCC(C(=O)N[C@@H]3CC(Cn4ccnc4)C[C@H]3O)CC2)n1. The monoisotopic (exact) mass is 398 g/mol. The van der Waals surface area contributed by atoms with E-state index in [1.54, 1.807) is 12.5 Å². The lowest BCUT2D eigenvalue weighted by molar-refractivity contribution is -0.127. The van der Waals surface area contributed by atoms with E-state index in [0.29, 0.717) is 12.3 Å². The van der Waals surface area contributed by atoms with Crippen molar-refractivity contribution in [2.24, 2.45) is 11.8 Å². The number of aliphatic hydroxyl groups excluding tert-OH is 1. The predicted molar refractivity (Wildman–Crippen MR) is 109 cm³/mol. The van der Waals surface area contributed by atoms with Crippen LogP contribution in [-0.2, 0) is 11.3 Å². The highest BCUT2D eigenvalue weighted by Crippen LogP contribution is 2.29. The first-order valence-corrected chi connectivity index (χ1v) is 10.5. The molecule has 1 aliphatic heterocycles. The Kier molecular flexibility index (Phi) is 5.80. The van der Waals surface area contributed by atoms with Gasteiger partial charge in [-0.15, -0.1) is 0 Å². The topological polar surface area (TPSA) is 96.2 Å². The van der Waals surface area contributed by atoms with E-state index in [2.05, 4.69) is 25.2 Å². The molecule has 29 heavy (non-hydrogen) atoms. The zero-order valence-corrected chi connectivity index (χ0v) is 17.2. The molecule has 1 unspecified atom stereocenters. The van der Waals surface area contributed by atoms with Crippen LogP contribution in [0.2, 0.25) is 0 Å². The second-order valence-electron chi connectivity index (χ2n) is 8.49. The summed E-state index contributed by atoms with van der Waals surface area (Å²) in [5.41, 5.74) is 1.93. The van der Waals surface area contributed by atoms with Gasteiger partial charge in [0.1, 0.15) is 0 Å². The maximum Gasteiger partial charge on any atom is 0.225 e. The van der Waals surface area contributed by atoms with Crippen molar-refractivity contribution >= 4 is 11.9 Å². The molecule has 8 nitrogen and oxygen atoms in total. The molecule has 0 bridgehead atoms. The number of rotatable bonds is 5. The zero-order chi connectivity index (χ0) is 20.4. The van der Waals surface area contributed by atoms with E-state index in [4.69, 9.17) is 0 Å². The van der Waals surface area contributed by atoms with Crippen LogP contribution in [0.25, 0.3) is 0 Å². The molecular formula is C21H30N6O2. The molecular weight excluding hydrogens is 368 g/mol. The van der Waals surface area contributed by atoms with E-state index in [9.17, 15) is 9.90 Å². The molecule has 0 radical (unpaired) electrons. The molecule has 2 aromatic rings. The van der Waals surface area contributed by atoms with Gasteiger partial charge in [0, 0.05) is 49.3 Å². The van der Waals surface area contributed by atoms with E-state index in [0.717, 1.165) is 56.2 Å². The Morgan fingerprint density at radius 2 is 1.93 bits per heavy atom. The number of amides is 1. The molecule has 2 N–H and O–H groups in total. The smallest absolute Gasteiger partial charge is 0.225 e. The second kappa shape index (κ2) is 8.49. The second-order valence-corrected chi connectivity index (χ2v) is 8.49. The number of aliphatic hydroxyl groups is 1. The van der Waals surface area contributed by atoms with Crippen molar-refractivity contribution in [3.8, 4) is 0 Å². The van der Waals surface area contributed by atoms with Crippen LogP contribution in [0.3, 0.4) is 0 Å². The lowest BCUT2D eigenvalue weighted by Gasteiger charge is -2.32. The Morgan fingerprint density at radius 1 is 1.21 bits per heavy atom. The average Bonchev–Trinajstić information content (AvgIpc) is 3.31. The van der Waals surface area contributed by atoms with Gasteiger partial charge in [0.15, 0.2) is 0 Å². The van der Waals surface area contributed by atoms with Gasteiger partial charge in [0.05, 0.1) is 18.5 Å². The van der Waals surface area contributed by atoms with Gasteiger partial charge in [-0.25, -0.2) is 15.0 Å². The zero-order valence-electron chi connectivity index (χ0n) is 17.2. The first-order chi connectivity index (χ1) is 14.0. The van der Waals surface area contributed by atoms with Crippen molar-refractivity contribution in [1.82, 2.24) is 24.8 Å². The van der Waals surface area contributed by atoms with Crippen molar-refractivity contribution in [3.05, 3.63) is 36.2 Å². The van der Waals surface area contributed by atoms with Crippen LogP contribution in [0.4, 0.5) is 5.95 Å². The number of imidazole rings is 1. The third-order valence-corrected chi connectivity index (χ3v) is 6.10. The maximum absolute atomic E-state index is 12.8. The lowest BCUT2D eigenvalue weighted by Crippen LogP contribution is -2.46. The fourth-order valence-corrected chi connectivity index (χ4v) is 4.61. The largest absolute Gasteiger partial charge is 0.391 e. The van der Waals surface area contributed by atoms with Crippen LogP contribution < -0.4 is 10.2 Å². The Balaban J connectivity index is 1.27. The third kappa shape index (κ3) is 4.75. The van der Waals surface area contributed by atoms with Crippen molar-refractivity contribution < 1.29 is 9.90 Å². The molecule has 1 aliphatic carbocycles. The molecule has 2 fully saturated rings. The van der Waals surface area contributed by atoms with Gasteiger partial charge in [0.2, 0.25) is 11.9 Å². The molecule has 2 aliphatic rings. The van der Waals surface area contributed by atoms with Crippen LogP contribution in [0.5, 0.6) is 0 Å². The molecule has 1 saturated carbocycles. The number of anilines is 1. The molecule has 156 valence electrons. The molecule has 4 rings (SSSR count). The summed E-state index contributed by atoms with van der Waals surface area (Å²) in [6.45, 7) is 6.34. The minimum atomic E-state index is -0.476. The van der Waals surface area contributed by atoms with Crippen LogP contribution in [0, 0.1) is 25.7 Å². The number of nitrogens with one attached hydrogen (secondary N) is 1. The first-order valence-electron chi connectivity index (χ1n) is 10.5. The first kappa shape index (κ1) is 19.8. The minimum Gasteiger partial charge on any atom is -0.391 e. The maximum atomic E-state index is 12.8. The van der Waals surface area contributed by atoms with Crippen LogP contribution in [0.1, 0.15) is 37.1 Å². The predicted octanol–water partition coefficient (Wildman–Crippen LogP) is 1.46. The van der Waals surface area contributed by atoms with Crippen LogP contribution in [-0.4, -0.2) is 55.8 Å². The van der Waals surface area contributed by atoms with Gasteiger partial charge in [0.25, 0.3) is 0 Å². The number of aryl methyl sites for hydroxylation is 2. The summed E-state index contributed by atoms with van der Waals surface area (Å²) in [5.74, 6) is 1.17. The quantitative estimate of drug-likeness (QED) is 0.792. The summed E-state index contributed by atoms with van der Waals surface area (Å²) in [4.78, 5) is 28.1. The molecule has 3 atom stereocenters. The Bertz CT molecular complexity index is 811. The van der Waals surface area contributed by atoms with Crippen LogP contribution >= 0.6 is 0 Å². The Labute approximate surface area is 171 Å². The third-order valence-electron chi connectivity index (χ3n) is 6.10.